The van der Waals surface area contributed by atoms with E-state index in [1.54, 1.807) is 19.2 Å². The van der Waals surface area contributed by atoms with Gasteiger partial charge in [-0.05, 0) is 61.2 Å². The van der Waals surface area contributed by atoms with Crippen molar-refractivity contribution in [2.75, 3.05) is 32.6 Å². The van der Waals surface area contributed by atoms with Gasteiger partial charge in [0.2, 0.25) is 10.0 Å². The van der Waals surface area contributed by atoms with Gasteiger partial charge in [-0.2, -0.15) is 0 Å². The van der Waals surface area contributed by atoms with Crippen LogP contribution in [0.3, 0.4) is 0 Å². The molecule has 1 N–H and O–H groups in total. The van der Waals surface area contributed by atoms with Gasteiger partial charge < -0.3 is 9.64 Å². The Hall–Kier alpha value is -2.05. The highest BCUT2D eigenvalue weighted by Gasteiger charge is 2.16. The first kappa shape index (κ1) is 19.3. The lowest BCUT2D eigenvalue weighted by Gasteiger charge is -2.13. The number of hydrogen-bond acceptors (Lipinski definition) is 4. The number of benzene rings is 2. The molecule has 2 aromatic carbocycles. The molecule has 0 unspecified atom stereocenters. The largest absolute Gasteiger partial charge is 0.496 e. The summed E-state index contributed by atoms with van der Waals surface area (Å²) in [5.41, 5.74) is 3.83. The second-order valence-electron chi connectivity index (χ2n) is 6.30. The standard InChI is InChI=1S/C19H26N2O3S/c1-14-12-18(13-15(2)19(14)24-5)25(22,23)20-11-10-16-6-8-17(9-7-16)21(3)4/h6-9,12-13,20H,10-11H2,1-5H3. The summed E-state index contributed by atoms with van der Waals surface area (Å²) >= 11 is 0. The molecule has 0 aliphatic carbocycles. The fraction of sp³-hybridized carbons (Fsp3) is 0.368. The molecule has 136 valence electrons. The maximum atomic E-state index is 12.5. The van der Waals surface area contributed by atoms with Crippen molar-refractivity contribution in [3.8, 4) is 5.75 Å². The molecule has 0 radical (unpaired) electrons. The summed E-state index contributed by atoms with van der Waals surface area (Å²) < 4.78 is 33.0. The smallest absolute Gasteiger partial charge is 0.240 e. The molecular formula is C19H26N2O3S. The Bertz CT molecular complexity index is 805. The first-order valence-electron chi connectivity index (χ1n) is 8.16. The minimum absolute atomic E-state index is 0.270. The molecule has 2 rings (SSSR count). The predicted octanol–water partition coefficient (Wildman–Crippen LogP) is 2.90. The molecule has 0 bridgehead atoms. The molecule has 25 heavy (non-hydrogen) atoms. The Morgan fingerprint density at radius 3 is 2.08 bits per heavy atom. The zero-order valence-electron chi connectivity index (χ0n) is 15.5. The van der Waals surface area contributed by atoms with Crippen LogP contribution in [0.4, 0.5) is 5.69 Å². The normalized spacial score (nSPS) is 11.4. The van der Waals surface area contributed by atoms with Crippen molar-refractivity contribution in [2.24, 2.45) is 0 Å². The van der Waals surface area contributed by atoms with Gasteiger partial charge >= 0.3 is 0 Å². The van der Waals surface area contributed by atoms with Gasteiger partial charge in [0.15, 0.2) is 0 Å². The highest BCUT2D eigenvalue weighted by Crippen LogP contribution is 2.26. The monoisotopic (exact) mass is 362 g/mol. The van der Waals surface area contributed by atoms with Gasteiger partial charge in [0, 0.05) is 26.3 Å². The van der Waals surface area contributed by atoms with Crippen molar-refractivity contribution in [3.63, 3.8) is 0 Å². The van der Waals surface area contributed by atoms with Crippen LogP contribution in [0, 0.1) is 13.8 Å². The lowest BCUT2D eigenvalue weighted by atomic mass is 10.1. The van der Waals surface area contributed by atoms with Crippen LogP contribution >= 0.6 is 0 Å². The molecule has 0 saturated carbocycles. The molecule has 0 aliphatic rings. The topological polar surface area (TPSA) is 58.6 Å². The Labute approximate surface area is 150 Å². The molecule has 0 amide bonds. The number of sulfonamides is 1. The van der Waals surface area contributed by atoms with Gasteiger partial charge in [0.1, 0.15) is 5.75 Å². The Morgan fingerprint density at radius 2 is 1.60 bits per heavy atom. The lowest BCUT2D eigenvalue weighted by molar-refractivity contribution is 0.408. The summed E-state index contributed by atoms with van der Waals surface area (Å²) in [6.45, 7) is 4.04. The van der Waals surface area contributed by atoms with E-state index >= 15 is 0 Å². The number of nitrogens with one attached hydrogen (secondary N) is 1. The average molecular weight is 362 g/mol. The summed E-state index contributed by atoms with van der Waals surface area (Å²) in [6, 6.07) is 11.4. The summed E-state index contributed by atoms with van der Waals surface area (Å²) in [5, 5.41) is 0. The van der Waals surface area contributed by atoms with Crippen molar-refractivity contribution in [1.29, 1.82) is 0 Å². The van der Waals surface area contributed by atoms with Crippen molar-refractivity contribution in [2.45, 2.75) is 25.2 Å². The van der Waals surface area contributed by atoms with Crippen LogP contribution in [-0.2, 0) is 16.4 Å². The van der Waals surface area contributed by atoms with Gasteiger partial charge in [-0.15, -0.1) is 0 Å². The second kappa shape index (κ2) is 7.89. The van der Waals surface area contributed by atoms with Gasteiger partial charge in [0.25, 0.3) is 0 Å². The predicted molar refractivity (Wildman–Crippen MR) is 102 cm³/mol. The highest BCUT2D eigenvalue weighted by molar-refractivity contribution is 7.89. The second-order valence-corrected chi connectivity index (χ2v) is 8.07. The lowest BCUT2D eigenvalue weighted by Crippen LogP contribution is -2.26. The molecule has 2 aromatic rings. The fourth-order valence-electron chi connectivity index (χ4n) is 2.76. The molecule has 5 nitrogen and oxygen atoms in total. The third-order valence-corrected chi connectivity index (χ3v) is 5.55. The van der Waals surface area contributed by atoms with Crippen LogP contribution in [0.15, 0.2) is 41.3 Å². The van der Waals surface area contributed by atoms with E-state index in [4.69, 9.17) is 4.74 Å². The van der Waals surface area contributed by atoms with Gasteiger partial charge in [-0.3, -0.25) is 0 Å². The van der Waals surface area contributed by atoms with E-state index in [0.29, 0.717) is 13.0 Å². The summed E-state index contributed by atoms with van der Waals surface area (Å²) in [5.74, 6) is 0.722. The number of anilines is 1. The molecule has 0 fully saturated rings. The Balaban J connectivity index is 2.04. The maximum Gasteiger partial charge on any atom is 0.240 e. The number of aryl methyl sites for hydroxylation is 2. The van der Waals surface area contributed by atoms with Crippen molar-refractivity contribution in [1.82, 2.24) is 4.72 Å². The molecule has 0 aliphatic heterocycles. The first-order valence-corrected chi connectivity index (χ1v) is 9.64. The third-order valence-electron chi connectivity index (χ3n) is 4.11. The van der Waals surface area contributed by atoms with Crippen LogP contribution in [0.2, 0.25) is 0 Å². The number of hydrogen-bond donors (Lipinski definition) is 1. The van der Waals surface area contributed by atoms with Gasteiger partial charge in [-0.25, -0.2) is 13.1 Å². The van der Waals surface area contributed by atoms with Crippen LogP contribution in [-0.4, -0.2) is 36.2 Å². The van der Waals surface area contributed by atoms with Gasteiger partial charge in [-0.1, -0.05) is 12.1 Å². The minimum Gasteiger partial charge on any atom is -0.496 e. The molecule has 0 aromatic heterocycles. The molecule has 6 heteroatoms. The SMILES string of the molecule is COc1c(C)cc(S(=O)(=O)NCCc2ccc(N(C)C)cc2)cc1C. The van der Waals surface area contributed by atoms with Crippen LogP contribution in [0.25, 0.3) is 0 Å². The van der Waals surface area contributed by atoms with Crippen molar-refractivity contribution >= 4 is 15.7 Å². The van der Waals surface area contributed by atoms with E-state index in [1.165, 1.54) is 0 Å². The zero-order chi connectivity index (χ0) is 18.6. The first-order chi connectivity index (χ1) is 11.7. The van der Waals surface area contributed by atoms with Crippen LogP contribution in [0.1, 0.15) is 16.7 Å². The Morgan fingerprint density at radius 1 is 1.04 bits per heavy atom. The zero-order valence-corrected chi connectivity index (χ0v) is 16.3. The third kappa shape index (κ3) is 4.74. The van der Waals surface area contributed by atoms with E-state index in [1.807, 2.05) is 57.1 Å². The van der Waals surface area contributed by atoms with E-state index in [0.717, 1.165) is 28.1 Å². The molecule has 0 saturated heterocycles. The molecule has 0 spiro atoms. The summed E-state index contributed by atoms with van der Waals surface area (Å²) in [6.07, 6.45) is 0.640. The quantitative estimate of drug-likeness (QED) is 0.823. The van der Waals surface area contributed by atoms with Crippen LogP contribution in [0.5, 0.6) is 5.75 Å². The van der Waals surface area contributed by atoms with E-state index in [9.17, 15) is 8.42 Å². The molecule has 0 heterocycles. The number of ether oxygens (including phenoxy) is 1. The number of nitrogens with zero attached hydrogens (tertiary/aromatic N) is 1. The highest BCUT2D eigenvalue weighted by atomic mass is 32.2. The van der Waals surface area contributed by atoms with E-state index in [2.05, 4.69) is 4.72 Å². The van der Waals surface area contributed by atoms with Crippen LogP contribution < -0.4 is 14.4 Å². The fourth-order valence-corrected chi connectivity index (χ4v) is 3.96. The number of methoxy groups -OCH3 is 1. The Kier molecular flexibility index (Phi) is 6.08. The average Bonchev–Trinajstić information content (AvgIpc) is 2.55. The van der Waals surface area contributed by atoms with Crippen molar-refractivity contribution < 1.29 is 13.2 Å². The van der Waals surface area contributed by atoms with E-state index < -0.39 is 10.0 Å². The minimum atomic E-state index is -3.54. The molecular weight excluding hydrogens is 336 g/mol. The summed E-state index contributed by atoms with van der Waals surface area (Å²) in [4.78, 5) is 2.30. The maximum absolute atomic E-state index is 12.5. The summed E-state index contributed by atoms with van der Waals surface area (Å²) in [7, 11) is 2.03. The number of rotatable bonds is 7. The molecule has 0 atom stereocenters. The van der Waals surface area contributed by atoms with Crippen molar-refractivity contribution in [3.05, 3.63) is 53.1 Å². The van der Waals surface area contributed by atoms with E-state index in [-0.39, 0.29) is 4.90 Å². The van der Waals surface area contributed by atoms with Gasteiger partial charge in [0.05, 0.1) is 12.0 Å².